The fourth-order valence-corrected chi connectivity index (χ4v) is 6.59. The first kappa shape index (κ1) is 20.4. The number of anilines is 1. The summed E-state index contributed by atoms with van der Waals surface area (Å²) in [5, 5.41) is 3.02. The van der Waals surface area contributed by atoms with Gasteiger partial charge in [-0.15, -0.1) is 11.8 Å². The SMILES string of the molecule is CN(C1CC1)S(=O)(=O)c1ccc(NC(=O)C2(Sc3ccccc3)CCCC2)cc1. The van der Waals surface area contributed by atoms with Crippen molar-refractivity contribution in [3.8, 4) is 0 Å². The standard InChI is InChI=1S/C22H26N2O3S2/c1-24(18-11-12-18)29(26,27)20-13-9-17(10-14-20)23-21(25)22(15-5-6-16-22)28-19-7-3-2-4-8-19/h2-4,7-10,13-14,18H,5-6,11-12,15-16H2,1H3,(H,23,25). The van der Waals surface area contributed by atoms with Crippen LogP contribution < -0.4 is 5.32 Å². The third kappa shape index (κ3) is 4.37. The topological polar surface area (TPSA) is 66.5 Å². The fraction of sp³-hybridized carbons (Fsp3) is 0.409. The zero-order valence-electron chi connectivity index (χ0n) is 16.5. The monoisotopic (exact) mass is 430 g/mol. The van der Waals surface area contributed by atoms with Gasteiger partial charge in [-0.2, -0.15) is 4.31 Å². The van der Waals surface area contributed by atoms with Crippen molar-refractivity contribution in [2.45, 2.75) is 59.1 Å². The smallest absolute Gasteiger partial charge is 0.243 e. The molecule has 1 amide bonds. The quantitative estimate of drug-likeness (QED) is 0.702. The van der Waals surface area contributed by atoms with Crippen LogP contribution in [0, 0.1) is 0 Å². The van der Waals surface area contributed by atoms with E-state index in [1.54, 1.807) is 43.1 Å². The highest BCUT2D eigenvalue weighted by molar-refractivity contribution is 8.01. The number of benzene rings is 2. The first-order chi connectivity index (χ1) is 13.9. The summed E-state index contributed by atoms with van der Waals surface area (Å²) < 4.78 is 26.3. The Morgan fingerprint density at radius 3 is 2.24 bits per heavy atom. The Bertz CT molecular complexity index is 965. The van der Waals surface area contributed by atoms with Gasteiger partial charge in [-0.25, -0.2) is 8.42 Å². The maximum atomic E-state index is 13.2. The van der Waals surface area contributed by atoms with Gasteiger partial charge in [0.2, 0.25) is 15.9 Å². The highest BCUT2D eigenvalue weighted by Crippen LogP contribution is 2.46. The maximum absolute atomic E-state index is 13.2. The van der Waals surface area contributed by atoms with E-state index in [4.69, 9.17) is 0 Å². The summed E-state index contributed by atoms with van der Waals surface area (Å²) in [6.07, 6.45) is 5.61. The lowest BCUT2D eigenvalue weighted by molar-refractivity contribution is -0.118. The minimum Gasteiger partial charge on any atom is -0.325 e. The molecule has 0 heterocycles. The summed E-state index contributed by atoms with van der Waals surface area (Å²) in [4.78, 5) is 14.5. The Kier molecular flexibility index (Phi) is 5.73. The molecule has 5 nitrogen and oxygen atoms in total. The van der Waals surface area contributed by atoms with E-state index >= 15 is 0 Å². The molecule has 2 saturated carbocycles. The van der Waals surface area contributed by atoms with Gasteiger partial charge in [0.25, 0.3) is 0 Å². The summed E-state index contributed by atoms with van der Waals surface area (Å²) >= 11 is 1.63. The molecule has 29 heavy (non-hydrogen) atoms. The molecular weight excluding hydrogens is 404 g/mol. The van der Waals surface area contributed by atoms with Crippen LogP contribution in [0.3, 0.4) is 0 Å². The molecule has 2 aliphatic rings. The highest BCUT2D eigenvalue weighted by Gasteiger charge is 2.42. The number of sulfonamides is 1. The minimum absolute atomic E-state index is 0.00504. The zero-order chi connectivity index (χ0) is 20.5. The van der Waals surface area contributed by atoms with E-state index in [0.717, 1.165) is 43.4 Å². The highest BCUT2D eigenvalue weighted by atomic mass is 32.2. The normalized spacial score (nSPS) is 18.7. The first-order valence-electron chi connectivity index (χ1n) is 10.0. The van der Waals surface area contributed by atoms with Crippen molar-refractivity contribution >= 4 is 33.4 Å². The van der Waals surface area contributed by atoms with Gasteiger partial charge in [-0.3, -0.25) is 4.79 Å². The van der Waals surface area contributed by atoms with E-state index in [0.29, 0.717) is 5.69 Å². The first-order valence-corrected chi connectivity index (χ1v) is 12.3. The molecule has 0 aromatic heterocycles. The second-order valence-electron chi connectivity index (χ2n) is 7.85. The molecular formula is C22H26N2O3S2. The van der Waals surface area contributed by atoms with Crippen LogP contribution in [0.5, 0.6) is 0 Å². The average molecular weight is 431 g/mol. The molecule has 0 unspecified atom stereocenters. The third-order valence-electron chi connectivity index (χ3n) is 5.73. The lowest BCUT2D eigenvalue weighted by Crippen LogP contribution is -2.37. The van der Waals surface area contributed by atoms with E-state index in [1.165, 1.54) is 4.31 Å². The molecule has 4 rings (SSSR count). The number of carbonyl (C=O) groups excluding carboxylic acids is 1. The predicted octanol–water partition coefficient (Wildman–Crippen LogP) is 4.51. The third-order valence-corrected chi connectivity index (χ3v) is 9.15. The molecule has 0 atom stereocenters. The summed E-state index contributed by atoms with van der Waals surface area (Å²) in [6, 6.07) is 16.7. The van der Waals surface area contributed by atoms with Crippen LogP contribution in [-0.4, -0.2) is 36.5 Å². The number of amides is 1. The lowest BCUT2D eigenvalue weighted by Gasteiger charge is -2.27. The van der Waals surface area contributed by atoms with E-state index in [-0.39, 0.29) is 16.8 Å². The molecule has 7 heteroatoms. The Morgan fingerprint density at radius 2 is 1.66 bits per heavy atom. The zero-order valence-corrected chi connectivity index (χ0v) is 18.1. The number of carbonyl (C=O) groups is 1. The van der Waals surface area contributed by atoms with Crippen molar-refractivity contribution in [3.63, 3.8) is 0 Å². The van der Waals surface area contributed by atoms with Gasteiger partial charge in [0.05, 0.1) is 9.64 Å². The van der Waals surface area contributed by atoms with Crippen molar-refractivity contribution in [2.24, 2.45) is 0 Å². The summed E-state index contributed by atoms with van der Waals surface area (Å²) in [6.45, 7) is 0. The number of nitrogens with zero attached hydrogens (tertiary/aromatic N) is 1. The van der Waals surface area contributed by atoms with Crippen LogP contribution in [0.15, 0.2) is 64.4 Å². The van der Waals surface area contributed by atoms with Crippen molar-refractivity contribution < 1.29 is 13.2 Å². The molecule has 2 aromatic carbocycles. The Balaban J connectivity index is 1.48. The van der Waals surface area contributed by atoms with E-state index in [9.17, 15) is 13.2 Å². The molecule has 2 fully saturated rings. The molecule has 1 N–H and O–H groups in total. The molecule has 2 aliphatic carbocycles. The second kappa shape index (κ2) is 8.13. The van der Waals surface area contributed by atoms with Crippen LogP contribution in [0.2, 0.25) is 0 Å². The average Bonchev–Trinajstić information content (AvgIpc) is 3.47. The van der Waals surface area contributed by atoms with Crippen LogP contribution in [-0.2, 0) is 14.8 Å². The molecule has 0 spiro atoms. The Morgan fingerprint density at radius 1 is 1.03 bits per heavy atom. The van der Waals surface area contributed by atoms with Gasteiger partial charge >= 0.3 is 0 Å². The number of rotatable bonds is 7. The predicted molar refractivity (Wildman–Crippen MR) is 117 cm³/mol. The van der Waals surface area contributed by atoms with Crippen molar-refractivity contribution in [1.29, 1.82) is 0 Å². The number of hydrogen-bond acceptors (Lipinski definition) is 4. The summed E-state index contributed by atoms with van der Waals surface area (Å²) in [5.74, 6) is -0.00504. The van der Waals surface area contributed by atoms with Crippen LogP contribution in [0.1, 0.15) is 38.5 Å². The lowest BCUT2D eigenvalue weighted by atomic mass is 10.1. The molecule has 0 saturated heterocycles. The van der Waals surface area contributed by atoms with Gasteiger partial charge in [0.15, 0.2) is 0 Å². The largest absolute Gasteiger partial charge is 0.325 e. The van der Waals surface area contributed by atoms with Crippen molar-refractivity contribution in [1.82, 2.24) is 4.31 Å². The minimum atomic E-state index is -3.47. The van der Waals surface area contributed by atoms with Gasteiger partial charge in [0, 0.05) is 23.7 Å². The Hall–Kier alpha value is -1.83. The van der Waals surface area contributed by atoms with Crippen LogP contribution in [0.4, 0.5) is 5.69 Å². The van der Waals surface area contributed by atoms with Gasteiger partial charge in [-0.05, 0) is 62.1 Å². The van der Waals surface area contributed by atoms with E-state index in [2.05, 4.69) is 5.32 Å². The maximum Gasteiger partial charge on any atom is 0.243 e. The second-order valence-corrected chi connectivity index (χ2v) is 11.3. The van der Waals surface area contributed by atoms with Gasteiger partial charge in [0.1, 0.15) is 0 Å². The number of nitrogens with one attached hydrogen (secondary N) is 1. The van der Waals surface area contributed by atoms with Gasteiger partial charge < -0.3 is 5.32 Å². The van der Waals surface area contributed by atoms with Crippen LogP contribution >= 0.6 is 11.8 Å². The molecule has 0 bridgehead atoms. The molecule has 154 valence electrons. The Labute approximate surface area is 176 Å². The molecule has 0 aliphatic heterocycles. The van der Waals surface area contributed by atoms with Crippen molar-refractivity contribution in [3.05, 3.63) is 54.6 Å². The number of thioether (sulfide) groups is 1. The summed E-state index contributed by atoms with van der Waals surface area (Å²) in [7, 11) is -1.84. The van der Waals surface area contributed by atoms with E-state index in [1.807, 2.05) is 30.3 Å². The van der Waals surface area contributed by atoms with Gasteiger partial charge in [-0.1, -0.05) is 31.0 Å². The number of hydrogen-bond donors (Lipinski definition) is 1. The molecule has 2 aromatic rings. The van der Waals surface area contributed by atoms with Crippen LogP contribution in [0.25, 0.3) is 0 Å². The molecule has 0 radical (unpaired) electrons. The summed E-state index contributed by atoms with van der Waals surface area (Å²) in [5.41, 5.74) is 0.628. The van der Waals surface area contributed by atoms with Crippen molar-refractivity contribution in [2.75, 3.05) is 12.4 Å². The van der Waals surface area contributed by atoms with E-state index < -0.39 is 14.8 Å². The fourth-order valence-electron chi connectivity index (χ4n) is 3.79.